The minimum atomic E-state index is -0.536. The van der Waals surface area contributed by atoms with E-state index in [1.54, 1.807) is 17.6 Å². The molecule has 0 aliphatic rings. The minimum absolute atomic E-state index is 0.383. The first kappa shape index (κ1) is 17.0. The van der Waals surface area contributed by atoms with Gasteiger partial charge in [0, 0.05) is 24.8 Å². The van der Waals surface area contributed by atoms with Gasteiger partial charge in [0.25, 0.3) is 5.91 Å². The van der Waals surface area contributed by atoms with E-state index in [9.17, 15) is 4.79 Å². The highest BCUT2D eigenvalue weighted by atomic mass is 16.5. The Balaban J connectivity index is 1.94. The third-order valence-electron chi connectivity index (χ3n) is 4.28. The van der Waals surface area contributed by atoms with Gasteiger partial charge in [0.15, 0.2) is 0 Å². The van der Waals surface area contributed by atoms with Crippen molar-refractivity contribution in [2.45, 2.75) is 19.9 Å². The van der Waals surface area contributed by atoms with Crippen LogP contribution >= 0.6 is 0 Å². The van der Waals surface area contributed by atoms with Crippen LogP contribution in [0.3, 0.4) is 0 Å². The lowest BCUT2D eigenvalue weighted by molar-refractivity contribution is 0.0706. The zero-order valence-corrected chi connectivity index (χ0v) is 14.4. The van der Waals surface area contributed by atoms with Gasteiger partial charge in [-0.1, -0.05) is 25.1 Å². The summed E-state index contributed by atoms with van der Waals surface area (Å²) in [5.41, 5.74) is 4.89. The molecule has 0 radical (unpaired) electrons. The zero-order chi connectivity index (χ0) is 17.8. The minimum Gasteiger partial charge on any atom is -0.364 e. The highest BCUT2D eigenvalue weighted by Gasteiger charge is 2.14. The number of hydrogen-bond acceptors (Lipinski definition) is 4. The summed E-state index contributed by atoms with van der Waals surface area (Å²) in [6.07, 6.45) is 1.04. The molecule has 3 rings (SSSR count). The normalized spacial score (nSPS) is 10.8. The van der Waals surface area contributed by atoms with Crippen molar-refractivity contribution in [3.05, 3.63) is 59.9 Å². The first-order valence-electron chi connectivity index (χ1n) is 8.33. The molecule has 0 spiro atoms. The third-order valence-corrected chi connectivity index (χ3v) is 4.28. The Morgan fingerprint density at radius 2 is 2.00 bits per heavy atom. The van der Waals surface area contributed by atoms with Gasteiger partial charge in [0.2, 0.25) is 0 Å². The molecule has 0 saturated carbocycles. The fraction of sp³-hybridized carbons (Fsp3) is 0.263. The van der Waals surface area contributed by atoms with E-state index in [0.29, 0.717) is 12.1 Å². The largest absolute Gasteiger partial charge is 0.364 e. The zero-order valence-electron chi connectivity index (χ0n) is 14.4. The number of hydroxylamine groups is 1. The van der Waals surface area contributed by atoms with Crippen LogP contribution in [-0.4, -0.2) is 27.2 Å². The Hall–Kier alpha value is -2.86. The van der Waals surface area contributed by atoms with Gasteiger partial charge in [-0.2, -0.15) is 0 Å². The van der Waals surface area contributed by atoms with Crippen LogP contribution in [0.15, 0.2) is 48.5 Å². The quantitative estimate of drug-likeness (QED) is 0.535. The summed E-state index contributed by atoms with van der Waals surface area (Å²) in [4.78, 5) is 18.6. The number of nitrogens with one attached hydrogen (secondary N) is 1. The molecule has 1 amide bonds. The second-order valence-corrected chi connectivity index (χ2v) is 5.99. The van der Waals surface area contributed by atoms with E-state index in [1.165, 1.54) is 0 Å². The number of aryl methyl sites for hydroxylation is 1. The van der Waals surface area contributed by atoms with Crippen LogP contribution in [0.4, 0.5) is 5.69 Å². The molecule has 0 unspecified atom stereocenters. The van der Waals surface area contributed by atoms with Crippen LogP contribution < -0.4 is 10.4 Å². The number of benzene rings is 2. The molecular formula is C19H22N4O2. The molecule has 25 heavy (non-hydrogen) atoms. The Bertz CT molecular complexity index is 874. The van der Waals surface area contributed by atoms with Crippen LogP contribution in [0, 0.1) is 0 Å². The smallest absolute Gasteiger partial charge is 0.274 e. The second-order valence-electron chi connectivity index (χ2n) is 5.99. The molecule has 2 aromatic carbocycles. The Kier molecular flexibility index (Phi) is 5.00. The third kappa shape index (κ3) is 3.49. The van der Waals surface area contributed by atoms with E-state index in [-0.39, 0.29) is 0 Å². The number of fused-ring (bicyclic) bond motifs is 1. The molecule has 2 N–H and O–H groups in total. The molecule has 0 bridgehead atoms. The number of rotatable bonds is 6. The highest BCUT2D eigenvalue weighted by Crippen LogP contribution is 2.21. The van der Waals surface area contributed by atoms with Gasteiger partial charge in [-0.15, -0.1) is 0 Å². The summed E-state index contributed by atoms with van der Waals surface area (Å²) < 4.78 is 2.04. The van der Waals surface area contributed by atoms with Gasteiger partial charge < -0.3 is 9.47 Å². The van der Waals surface area contributed by atoms with Crippen molar-refractivity contribution in [3.8, 4) is 0 Å². The number of carbonyl (C=O) groups is 1. The molecule has 3 aromatic rings. The number of carbonyl (C=O) groups excluding carboxylic acids is 1. The molecule has 1 aromatic heterocycles. The van der Waals surface area contributed by atoms with Crippen molar-refractivity contribution in [2.75, 3.05) is 11.4 Å². The van der Waals surface area contributed by atoms with Gasteiger partial charge in [-0.3, -0.25) is 10.0 Å². The molecular weight excluding hydrogens is 316 g/mol. The molecule has 0 fully saturated rings. The number of hydrogen-bond donors (Lipinski definition) is 2. The fourth-order valence-corrected chi connectivity index (χ4v) is 2.98. The lowest BCUT2D eigenvalue weighted by Crippen LogP contribution is -2.25. The lowest BCUT2D eigenvalue weighted by atomic mass is 10.2. The van der Waals surface area contributed by atoms with Crippen molar-refractivity contribution in [1.29, 1.82) is 0 Å². The lowest BCUT2D eigenvalue weighted by Gasteiger charge is -2.24. The maximum absolute atomic E-state index is 11.6. The van der Waals surface area contributed by atoms with E-state index in [0.717, 1.165) is 35.5 Å². The van der Waals surface area contributed by atoms with Gasteiger partial charge in [-0.05, 0) is 36.8 Å². The molecule has 1 heterocycles. The van der Waals surface area contributed by atoms with Crippen molar-refractivity contribution >= 4 is 22.6 Å². The van der Waals surface area contributed by atoms with Crippen LogP contribution in [-0.2, 0) is 13.6 Å². The Labute approximate surface area is 146 Å². The standard InChI is InChI=1S/C19H22N4O2/c1-3-11-23(15-7-5-4-6-8-15)13-18-20-16-12-14(19(24)21-25)9-10-17(16)22(18)2/h4-10,12,25H,3,11,13H2,1-2H3,(H,21,24). The fourth-order valence-electron chi connectivity index (χ4n) is 2.98. The first-order valence-corrected chi connectivity index (χ1v) is 8.33. The molecule has 6 nitrogen and oxygen atoms in total. The average Bonchev–Trinajstić information content (AvgIpc) is 2.96. The Morgan fingerprint density at radius 1 is 1.24 bits per heavy atom. The topological polar surface area (TPSA) is 70.4 Å². The number of amides is 1. The summed E-state index contributed by atoms with van der Waals surface area (Å²) in [6.45, 7) is 3.78. The molecule has 0 aliphatic heterocycles. The van der Waals surface area contributed by atoms with Crippen LogP contribution in [0.1, 0.15) is 29.5 Å². The van der Waals surface area contributed by atoms with E-state index >= 15 is 0 Å². The summed E-state index contributed by atoms with van der Waals surface area (Å²) in [6, 6.07) is 15.5. The predicted octanol–water partition coefficient (Wildman–Crippen LogP) is 3.11. The number of aromatic nitrogens is 2. The predicted molar refractivity (Wildman–Crippen MR) is 97.7 cm³/mol. The molecule has 0 saturated heterocycles. The molecule has 130 valence electrons. The van der Waals surface area contributed by atoms with Gasteiger partial charge in [0.05, 0.1) is 17.6 Å². The SMILES string of the molecule is CCCN(Cc1nc2cc(C(=O)NO)ccc2n1C)c1ccccc1. The van der Waals surface area contributed by atoms with Crippen LogP contribution in [0.2, 0.25) is 0 Å². The van der Waals surface area contributed by atoms with E-state index in [4.69, 9.17) is 10.2 Å². The summed E-state index contributed by atoms with van der Waals surface area (Å²) in [5, 5.41) is 8.79. The second kappa shape index (κ2) is 7.36. The number of para-hydroxylation sites is 1. The summed E-state index contributed by atoms with van der Waals surface area (Å²) in [5.74, 6) is 0.389. The molecule has 0 aliphatic carbocycles. The molecule has 6 heteroatoms. The number of imidazole rings is 1. The van der Waals surface area contributed by atoms with Crippen LogP contribution in [0.5, 0.6) is 0 Å². The monoisotopic (exact) mass is 338 g/mol. The van der Waals surface area contributed by atoms with Crippen molar-refractivity contribution in [1.82, 2.24) is 15.0 Å². The average molecular weight is 338 g/mol. The van der Waals surface area contributed by atoms with Crippen molar-refractivity contribution < 1.29 is 10.0 Å². The van der Waals surface area contributed by atoms with Crippen molar-refractivity contribution in [3.63, 3.8) is 0 Å². The Morgan fingerprint density at radius 3 is 2.68 bits per heavy atom. The van der Waals surface area contributed by atoms with Crippen molar-refractivity contribution in [2.24, 2.45) is 7.05 Å². The van der Waals surface area contributed by atoms with E-state index in [2.05, 4.69) is 24.0 Å². The van der Waals surface area contributed by atoms with Gasteiger partial charge in [0.1, 0.15) is 5.82 Å². The van der Waals surface area contributed by atoms with Gasteiger partial charge >= 0.3 is 0 Å². The first-order chi connectivity index (χ1) is 12.1. The summed E-state index contributed by atoms with van der Waals surface area (Å²) >= 11 is 0. The highest BCUT2D eigenvalue weighted by molar-refractivity contribution is 5.96. The van der Waals surface area contributed by atoms with E-state index < -0.39 is 5.91 Å². The summed E-state index contributed by atoms with van der Waals surface area (Å²) in [7, 11) is 1.98. The number of anilines is 1. The van der Waals surface area contributed by atoms with E-state index in [1.807, 2.05) is 35.9 Å². The number of nitrogens with zero attached hydrogens (tertiary/aromatic N) is 3. The van der Waals surface area contributed by atoms with Gasteiger partial charge in [-0.25, -0.2) is 10.5 Å². The maximum Gasteiger partial charge on any atom is 0.274 e. The van der Waals surface area contributed by atoms with Crippen LogP contribution in [0.25, 0.3) is 11.0 Å². The maximum atomic E-state index is 11.6. The molecule has 0 atom stereocenters.